The number of anilines is 1. The minimum atomic E-state index is -0.416. The van der Waals surface area contributed by atoms with Crippen LogP contribution >= 0.6 is 0 Å². The number of rotatable bonds is 5. The van der Waals surface area contributed by atoms with Gasteiger partial charge in [-0.3, -0.25) is 14.9 Å². The van der Waals surface area contributed by atoms with Gasteiger partial charge in [0.05, 0.1) is 17.4 Å². The van der Waals surface area contributed by atoms with Gasteiger partial charge in [0.25, 0.3) is 5.69 Å². The molecule has 1 aromatic rings. The average molecular weight is 292 g/mol. The van der Waals surface area contributed by atoms with Gasteiger partial charge in [-0.25, -0.2) is 0 Å². The maximum atomic E-state index is 11.8. The molecule has 0 saturated heterocycles. The molecule has 21 heavy (non-hydrogen) atoms. The number of nitrogens with one attached hydrogen (secondary N) is 1. The summed E-state index contributed by atoms with van der Waals surface area (Å²) in [5.74, 6) is -0.165. The van der Waals surface area contributed by atoms with Crippen LogP contribution in [0.15, 0.2) is 24.3 Å². The van der Waals surface area contributed by atoms with Gasteiger partial charge in [0, 0.05) is 23.9 Å². The molecule has 2 rings (SSSR count). The van der Waals surface area contributed by atoms with Crippen LogP contribution in [0.4, 0.5) is 11.4 Å². The molecule has 0 aromatic heterocycles. The van der Waals surface area contributed by atoms with E-state index in [0.29, 0.717) is 6.61 Å². The lowest BCUT2D eigenvalue weighted by atomic mass is 9.85. The molecule has 1 fully saturated rings. The Morgan fingerprint density at radius 2 is 2.10 bits per heavy atom. The number of nitro groups is 1. The fraction of sp³-hybridized carbons (Fsp3) is 0.533. The Morgan fingerprint density at radius 3 is 2.71 bits per heavy atom. The normalized spacial score (nSPS) is 21.6. The summed E-state index contributed by atoms with van der Waals surface area (Å²) in [5, 5.41) is 14.0. The van der Waals surface area contributed by atoms with E-state index in [0.717, 1.165) is 31.4 Å². The molecule has 6 heteroatoms. The molecular weight excluding hydrogens is 272 g/mol. The molecule has 1 aromatic carbocycles. The molecule has 0 spiro atoms. The van der Waals surface area contributed by atoms with E-state index in [1.165, 1.54) is 12.1 Å². The number of esters is 1. The average Bonchev–Trinajstić information content (AvgIpc) is 2.48. The van der Waals surface area contributed by atoms with E-state index in [1.807, 2.05) is 6.92 Å². The van der Waals surface area contributed by atoms with Gasteiger partial charge < -0.3 is 10.1 Å². The van der Waals surface area contributed by atoms with Gasteiger partial charge >= 0.3 is 5.97 Å². The molecule has 1 aliphatic carbocycles. The molecule has 0 radical (unpaired) electrons. The SMILES string of the molecule is CCOC(=O)C1CCCC(Nc2ccc([N+](=O)[O-])cc2)C1. The Kier molecular flexibility index (Phi) is 5.14. The highest BCUT2D eigenvalue weighted by Crippen LogP contribution is 2.28. The summed E-state index contributed by atoms with van der Waals surface area (Å²) in [6.07, 6.45) is 3.59. The van der Waals surface area contributed by atoms with E-state index >= 15 is 0 Å². The van der Waals surface area contributed by atoms with Crippen molar-refractivity contribution in [2.75, 3.05) is 11.9 Å². The molecule has 1 saturated carbocycles. The summed E-state index contributed by atoms with van der Waals surface area (Å²) < 4.78 is 5.08. The van der Waals surface area contributed by atoms with Crippen LogP contribution in [-0.4, -0.2) is 23.5 Å². The van der Waals surface area contributed by atoms with E-state index in [2.05, 4.69) is 5.32 Å². The molecule has 6 nitrogen and oxygen atoms in total. The monoisotopic (exact) mass is 292 g/mol. The van der Waals surface area contributed by atoms with Gasteiger partial charge in [-0.15, -0.1) is 0 Å². The van der Waals surface area contributed by atoms with Crippen molar-refractivity contribution in [3.63, 3.8) is 0 Å². The smallest absolute Gasteiger partial charge is 0.308 e. The highest BCUT2D eigenvalue weighted by molar-refractivity contribution is 5.72. The summed E-state index contributed by atoms with van der Waals surface area (Å²) in [6, 6.07) is 6.56. The van der Waals surface area contributed by atoms with Crippen molar-refractivity contribution in [3.8, 4) is 0 Å². The lowest BCUT2D eigenvalue weighted by molar-refractivity contribution is -0.384. The van der Waals surface area contributed by atoms with E-state index in [4.69, 9.17) is 4.74 Å². The van der Waals surface area contributed by atoms with Gasteiger partial charge in [-0.05, 0) is 38.3 Å². The van der Waals surface area contributed by atoms with Gasteiger partial charge in [0.15, 0.2) is 0 Å². The van der Waals surface area contributed by atoms with Crippen molar-refractivity contribution in [1.29, 1.82) is 0 Å². The summed E-state index contributed by atoms with van der Waals surface area (Å²) in [5.41, 5.74) is 0.920. The number of nitrogens with zero attached hydrogens (tertiary/aromatic N) is 1. The largest absolute Gasteiger partial charge is 0.466 e. The summed E-state index contributed by atoms with van der Waals surface area (Å²) in [4.78, 5) is 22.0. The second kappa shape index (κ2) is 7.06. The number of benzene rings is 1. The van der Waals surface area contributed by atoms with E-state index in [9.17, 15) is 14.9 Å². The van der Waals surface area contributed by atoms with Crippen LogP contribution in [-0.2, 0) is 9.53 Å². The molecule has 0 aliphatic heterocycles. The molecule has 0 bridgehead atoms. The van der Waals surface area contributed by atoms with Gasteiger partial charge in [0.2, 0.25) is 0 Å². The number of carbonyl (C=O) groups is 1. The molecule has 114 valence electrons. The van der Waals surface area contributed by atoms with Crippen molar-refractivity contribution >= 4 is 17.3 Å². The van der Waals surface area contributed by atoms with Crippen molar-refractivity contribution in [1.82, 2.24) is 0 Å². The number of ether oxygens (including phenoxy) is 1. The Hall–Kier alpha value is -2.11. The Bertz CT molecular complexity index is 501. The van der Waals surface area contributed by atoms with Crippen LogP contribution in [0, 0.1) is 16.0 Å². The van der Waals surface area contributed by atoms with Crippen LogP contribution < -0.4 is 5.32 Å². The topological polar surface area (TPSA) is 81.5 Å². The first-order chi connectivity index (χ1) is 10.1. The molecule has 1 aliphatic rings. The second-order valence-electron chi connectivity index (χ2n) is 5.26. The van der Waals surface area contributed by atoms with Crippen LogP contribution in [0.25, 0.3) is 0 Å². The third kappa shape index (κ3) is 4.18. The fourth-order valence-electron chi connectivity index (χ4n) is 2.71. The predicted molar refractivity (Wildman–Crippen MR) is 79.1 cm³/mol. The van der Waals surface area contributed by atoms with Crippen LogP contribution in [0.1, 0.15) is 32.6 Å². The minimum Gasteiger partial charge on any atom is -0.466 e. The van der Waals surface area contributed by atoms with Gasteiger partial charge in [0.1, 0.15) is 0 Å². The maximum absolute atomic E-state index is 11.8. The fourth-order valence-corrected chi connectivity index (χ4v) is 2.71. The van der Waals surface area contributed by atoms with Crippen LogP contribution in [0.3, 0.4) is 0 Å². The standard InChI is InChI=1S/C15H20N2O4/c1-2-21-15(18)11-4-3-5-13(10-11)16-12-6-8-14(9-7-12)17(19)20/h6-9,11,13,16H,2-5,10H2,1H3. The Labute approximate surface area is 123 Å². The highest BCUT2D eigenvalue weighted by Gasteiger charge is 2.28. The lowest BCUT2D eigenvalue weighted by Gasteiger charge is -2.29. The maximum Gasteiger partial charge on any atom is 0.308 e. The van der Waals surface area contributed by atoms with Crippen LogP contribution in [0.2, 0.25) is 0 Å². The lowest BCUT2D eigenvalue weighted by Crippen LogP contribution is -2.32. The predicted octanol–water partition coefficient (Wildman–Crippen LogP) is 3.13. The molecular formula is C15H20N2O4. The van der Waals surface area contributed by atoms with Crippen molar-refractivity contribution in [2.24, 2.45) is 5.92 Å². The Balaban J connectivity index is 1.93. The molecule has 2 unspecified atom stereocenters. The summed E-state index contributed by atoms with van der Waals surface area (Å²) >= 11 is 0. The molecule has 1 N–H and O–H groups in total. The van der Waals surface area contributed by atoms with Gasteiger partial charge in [-0.2, -0.15) is 0 Å². The number of hydrogen-bond acceptors (Lipinski definition) is 5. The first kappa shape index (κ1) is 15.3. The summed E-state index contributed by atoms with van der Waals surface area (Å²) in [7, 11) is 0. The first-order valence-corrected chi connectivity index (χ1v) is 7.27. The first-order valence-electron chi connectivity index (χ1n) is 7.27. The third-order valence-corrected chi connectivity index (χ3v) is 3.74. The van der Waals surface area contributed by atoms with E-state index in [1.54, 1.807) is 12.1 Å². The minimum absolute atomic E-state index is 0.0470. The third-order valence-electron chi connectivity index (χ3n) is 3.74. The summed E-state index contributed by atoms with van der Waals surface area (Å²) in [6.45, 7) is 2.23. The zero-order chi connectivity index (χ0) is 15.2. The van der Waals surface area contributed by atoms with Crippen molar-refractivity contribution in [3.05, 3.63) is 34.4 Å². The van der Waals surface area contributed by atoms with Crippen LogP contribution in [0.5, 0.6) is 0 Å². The van der Waals surface area contributed by atoms with E-state index in [-0.39, 0.29) is 23.6 Å². The Morgan fingerprint density at radius 1 is 1.38 bits per heavy atom. The van der Waals surface area contributed by atoms with E-state index < -0.39 is 4.92 Å². The number of hydrogen-bond donors (Lipinski definition) is 1. The molecule has 0 amide bonds. The number of carbonyl (C=O) groups excluding carboxylic acids is 1. The molecule has 2 atom stereocenters. The molecule has 0 heterocycles. The quantitative estimate of drug-likeness (QED) is 0.512. The van der Waals surface area contributed by atoms with Crippen molar-refractivity contribution < 1.29 is 14.5 Å². The zero-order valence-corrected chi connectivity index (χ0v) is 12.1. The zero-order valence-electron chi connectivity index (χ0n) is 12.1. The highest BCUT2D eigenvalue weighted by atomic mass is 16.6. The number of non-ortho nitro benzene ring substituents is 1. The van der Waals surface area contributed by atoms with Crippen molar-refractivity contribution in [2.45, 2.75) is 38.6 Å². The number of nitro benzene ring substituents is 1. The van der Waals surface area contributed by atoms with Gasteiger partial charge in [-0.1, -0.05) is 6.42 Å². The second-order valence-corrected chi connectivity index (χ2v) is 5.26.